The Morgan fingerprint density at radius 3 is 2.86 bits per heavy atom. The molecule has 1 aliphatic rings. The van der Waals surface area contributed by atoms with Crippen LogP contribution in [0.4, 0.5) is 0 Å². The quantitative estimate of drug-likeness (QED) is 0.865. The monoisotopic (exact) mass is 297 g/mol. The van der Waals surface area contributed by atoms with Crippen LogP contribution >= 0.6 is 0 Å². The molecule has 1 aromatic carbocycles. The van der Waals surface area contributed by atoms with Crippen molar-refractivity contribution in [3.8, 4) is 0 Å². The van der Waals surface area contributed by atoms with Crippen molar-refractivity contribution in [2.45, 2.75) is 38.8 Å². The van der Waals surface area contributed by atoms with Crippen LogP contribution in [0.25, 0.3) is 10.9 Å². The van der Waals surface area contributed by atoms with Gasteiger partial charge in [0.1, 0.15) is 0 Å². The van der Waals surface area contributed by atoms with Crippen molar-refractivity contribution in [3.63, 3.8) is 0 Å². The summed E-state index contributed by atoms with van der Waals surface area (Å²) < 4.78 is 0. The molecule has 1 aromatic heterocycles. The highest BCUT2D eigenvalue weighted by molar-refractivity contribution is 5.83. The molecule has 22 heavy (non-hydrogen) atoms. The topological polar surface area (TPSA) is 19.4 Å². The van der Waals surface area contributed by atoms with Gasteiger partial charge in [-0.25, -0.2) is 0 Å². The van der Waals surface area contributed by atoms with Crippen molar-refractivity contribution in [2.75, 3.05) is 27.2 Å². The van der Waals surface area contributed by atoms with E-state index in [0.29, 0.717) is 0 Å². The average Bonchev–Trinajstić information content (AvgIpc) is 2.76. The Kier molecular flexibility index (Phi) is 4.74. The van der Waals surface area contributed by atoms with E-state index in [1.54, 1.807) is 0 Å². The molecule has 1 unspecified atom stereocenters. The summed E-state index contributed by atoms with van der Waals surface area (Å²) in [6.45, 7) is 5.68. The minimum Gasteiger partial charge on any atom is -0.306 e. The third-order valence-electron chi connectivity index (χ3n) is 5.03. The number of hydrogen-bond acceptors (Lipinski definition) is 3. The fourth-order valence-corrected chi connectivity index (χ4v) is 3.57. The summed E-state index contributed by atoms with van der Waals surface area (Å²) in [5.74, 6) is 0. The number of benzene rings is 1. The van der Waals surface area contributed by atoms with Crippen molar-refractivity contribution in [2.24, 2.45) is 0 Å². The fourth-order valence-electron chi connectivity index (χ4n) is 3.57. The van der Waals surface area contributed by atoms with Crippen LogP contribution in [0.1, 0.15) is 30.4 Å². The van der Waals surface area contributed by atoms with E-state index >= 15 is 0 Å². The smallest absolute Gasteiger partial charge is 0.0705 e. The maximum atomic E-state index is 4.50. The Morgan fingerprint density at radius 2 is 2.05 bits per heavy atom. The van der Waals surface area contributed by atoms with Crippen LogP contribution in [0.2, 0.25) is 0 Å². The summed E-state index contributed by atoms with van der Waals surface area (Å²) in [7, 11) is 4.42. The van der Waals surface area contributed by atoms with Crippen molar-refractivity contribution in [1.29, 1.82) is 0 Å². The largest absolute Gasteiger partial charge is 0.306 e. The van der Waals surface area contributed by atoms with Gasteiger partial charge in [-0.3, -0.25) is 9.88 Å². The van der Waals surface area contributed by atoms with Crippen molar-refractivity contribution in [1.82, 2.24) is 14.8 Å². The predicted molar refractivity (Wildman–Crippen MR) is 93.1 cm³/mol. The maximum absolute atomic E-state index is 4.50. The Bertz CT molecular complexity index is 636. The Balaban J connectivity index is 1.80. The van der Waals surface area contributed by atoms with Gasteiger partial charge in [-0.15, -0.1) is 0 Å². The van der Waals surface area contributed by atoms with Gasteiger partial charge in [0.2, 0.25) is 0 Å². The van der Waals surface area contributed by atoms with Crippen molar-refractivity contribution >= 4 is 10.9 Å². The number of fused-ring (bicyclic) bond motifs is 1. The summed E-state index contributed by atoms with van der Waals surface area (Å²) in [6, 6.07) is 9.35. The van der Waals surface area contributed by atoms with Crippen LogP contribution in [0.3, 0.4) is 0 Å². The van der Waals surface area contributed by atoms with E-state index in [-0.39, 0.29) is 0 Å². The second kappa shape index (κ2) is 6.76. The highest BCUT2D eigenvalue weighted by Crippen LogP contribution is 2.24. The summed E-state index contributed by atoms with van der Waals surface area (Å²) >= 11 is 0. The minimum absolute atomic E-state index is 0.736. The maximum Gasteiger partial charge on any atom is 0.0705 e. The first kappa shape index (κ1) is 15.4. The van der Waals surface area contributed by atoms with Crippen LogP contribution in [0.15, 0.2) is 30.5 Å². The van der Waals surface area contributed by atoms with Crippen molar-refractivity contribution < 1.29 is 0 Å². The second-order valence-corrected chi connectivity index (χ2v) is 6.76. The Morgan fingerprint density at radius 1 is 1.18 bits per heavy atom. The molecule has 1 fully saturated rings. The first-order valence-corrected chi connectivity index (χ1v) is 8.37. The lowest BCUT2D eigenvalue weighted by Crippen LogP contribution is -2.30. The minimum atomic E-state index is 0.736. The molecule has 1 atom stereocenters. The standard InChI is InChI=1S/C19H27N3/c1-15-8-9-19-17(7-4-11-20-19)18(15)14-22-12-5-6-16(10-13-22)21(2)3/h4,7-9,11,16H,5-6,10,12-14H2,1-3H3. The first-order valence-electron chi connectivity index (χ1n) is 8.37. The van der Waals surface area contributed by atoms with Crippen LogP contribution < -0.4 is 0 Å². The van der Waals surface area contributed by atoms with Gasteiger partial charge in [-0.1, -0.05) is 12.1 Å². The van der Waals surface area contributed by atoms with E-state index in [2.05, 4.69) is 60.1 Å². The molecule has 0 N–H and O–H groups in total. The van der Waals surface area contributed by atoms with Crippen LogP contribution in [-0.2, 0) is 6.54 Å². The lowest BCUT2D eigenvalue weighted by Gasteiger charge is -2.24. The molecule has 0 bridgehead atoms. The zero-order valence-corrected chi connectivity index (χ0v) is 14.0. The average molecular weight is 297 g/mol. The number of likely N-dealkylation sites (tertiary alicyclic amines) is 1. The molecule has 1 aliphatic heterocycles. The SMILES string of the molecule is Cc1ccc2ncccc2c1CN1CCCC(N(C)C)CC1. The molecule has 0 spiro atoms. The molecule has 2 aromatic rings. The molecule has 1 saturated heterocycles. The van der Waals surface area contributed by atoms with Gasteiger partial charge in [0.15, 0.2) is 0 Å². The number of pyridine rings is 1. The van der Waals surface area contributed by atoms with Gasteiger partial charge < -0.3 is 4.90 Å². The summed E-state index contributed by atoms with van der Waals surface area (Å²) in [4.78, 5) is 9.51. The number of rotatable bonds is 3. The van der Waals surface area contributed by atoms with Gasteiger partial charge in [0.25, 0.3) is 0 Å². The van der Waals surface area contributed by atoms with Gasteiger partial charge >= 0.3 is 0 Å². The Labute approximate surface area is 133 Å². The van der Waals surface area contributed by atoms with E-state index in [1.165, 1.54) is 48.9 Å². The lowest BCUT2D eigenvalue weighted by molar-refractivity contribution is 0.245. The van der Waals surface area contributed by atoms with E-state index in [9.17, 15) is 0 Å². The molecule has 0 aliphatic carbocycles. The lowest BCUT2D eigenvalue weighted by atomic mass is 10.0. The molecular weight excluding hydrogens is 270 g/mol. The molecule has 3 nitrogen and oxygen atoms in total. The fraction of sp³-hybridized carbons (Fsp3) is 0.526. The molecule has 0 radical (unpaired) electrons. The summed E-state index contributed by atoms with van der Waals surface area (Å²) in [5, 5.41) is 1.32. The normalized spacial score (nSPS) is 20.5. The first-order chi connectivity index (χ1) is 10.6. The number of aryl methyl sites for hydroxylation is 1. The van der Waals surface area contributed by atoms with E-state index < -0.39 is 0 Å². The zero-order chi connectivity index (χ0) is 15.5. The van der Waals surface area contributed by atoms with E-state index in [1.807, 2.05) is 6.20 Å². The molecule has 118 valence electrons. The molecular formula is C19H27N3. The van der Waals surface area contributed by atoms with Gasteiger partial charge in [-0.2, -0.15) is 0 Å². The number of aromatic nitrogens is 1. The number of nitrogens with zero attached hydrogens (tertiary/aromatic N) is 3. The highest BCUT2D eigenvalue weighted by atomic mass is 15.2. The highest BCUT2D eigenvalue weighted by Gasteiger charge is 2.19. The van der Waals surface area contributed by atoms with Crippen molar-refractivity contribution in [3.05, 3.63) is 41.6 Å². The molecule has 2 heterocycles. The van der Waals surface area contributed by atoms with E-state index in [4.69, 9.17) is 0 Å². The number of hydrogen-bond donors (Lipinski definition) is 0. The van der Waals surface area contributed by atoms with E-state index in [0.717, 1.165) is 18.1 Å². The van der Waals surface area contributed by atoms with Gasteiger partial charge in [0, 0.05) is 24.2 Å². The van der Waals surface area contributed by atoms with Crippen LogP contribution in [0, 0.1) is 6.92 Å². The van der Waals surface area contributed by atoms with Crippen LogP contribution in [0.5, 0.6) is 0 Å². The molecule has 3 rings (SSSR count). The third kappa shape index (κ3) is 3.31. The third-order valence-corrected chi connectivity index (χ3v) is 5.03. The van der Waals surface area contributed by atoms with Crippen LogP contribution in [-0.4, -0.2) is 48.0 Å². The van der Waals surface area contributed by atoms with Gasteiger partial charge in [-0.05, 0) is 76.6 Å². The predicted octanol–water partition coefficient (Wildman–Crippen LogP) is 3.46. The molecule has 0 amide bonds. The zero-order valence-electron chi connectivity index (χ0n) is 14.0. The Hall–Kier alpha value is -1.45. The molecule has 3 heteroatoms. The summed E-state index contributed by atoms with van der Waals surface area (Å²) in [5.41, 5.74) is 3.95. The summed E-state index contributed by atoms with van der Waals surface area (Å²) in [6.07, 6.45) is 5.77. The van der Waals surface area contributed by atoms with Gasteiger partial charge in [0.05, 0.1) is 5.52 Å². The second-order valence-electron chi connectivity index (χ2n) is 6.76. The molecule has 0 saturated carbocycles.